The minimum atomic E-state index is -0.778. The van der Waals surface area contributed by atoms with Crippen LogP contribution in [0, 0.1) is 0 Å². The second kappa shape index (κ2) is 5.31. The van der Waals surface area contributed by atoms with Crippen LogP contribution in [0.3, 0.4) is 0 Å². The summed E-state index contributed by atoms with van der Waals surface area (Å²) < 4.78 is 0. The lowest BCUT2D eigenvalue weighted by atomic mass is 10.1. The lowest BCUT2D eigenvalue weighted by molar-refractivity contribution is 0.0875. The molecule has 102 valence electrons. The first-order chi connectivity index (χ1) is 8.90. The summed E-state index contributed by atoms with van der Waals surface area (Å²) >= 11 is 5.98. The van der Waals surface area contributed by atoms with E-state index >= 15 is 0 Å². The van der Waals surface area contributed by atoms with Crippen LogP contribution in [0.4, 0.5) is 5.82 Å². The molecule has 0 radical (unpaired) electrons. The van der Waals surface area contributed by atoms with Gasteiger partial charge in [-0.3, -0.25) is 0 Å². The smallest absolute Gasteiger partial charge is 0.139 e. The van der Waals surface area contributed by atoms with Crippen molar-refractivity contribution in [2.24, 2.45) is 0 Å². The lowest BCUT2D eigenvalue weighted by Gasteiger charge is -2.29. The van der Waals surface area contributed by atoms with Gasteiger partial charge >= 0.3 is 0 Å². The maximum absolute atomic E-state index is 9.99. The zero-order valence-electron chi connectivity index (χ0n) is 11.4. The second-order valence-corrected chi connectivity index (χ2v) is 5.62. The number of aromatic nitrogens is 2. The summed E-state index contributed by atoms with van der Waals surface area (Å²) in [5.41, 5.74) is 0.0337. The molecule has 0 bridgehead atoms. The van der Waals surface area contributed by atoms with Crippen molar-refractivity contribution in [2.45, 2.75) is 26.4 Å². The number of hydrogen-bond donors (Lipinski definition) is 1. The minimum Gasteiger partial charge on any atom is -0.389 e. The van der Waals surface area contributed by atoms with Gasteiger partial charge in [-0.15, -0.1) is 0 Å². The van der Waals surface area contributed by atoms with E-state index in [-0.39, 0.29) is 0 Å². The predicted molar refractivity (Wildman–Crippen MR) is 78.7 cm³/mol. The SMILES string of the molecule is CCN(CC(C)(C)O)c1ncnc2cc(Cl)ccc12. The van der Waals surface area contributed by atoms with Gasteiger partial charge in [0.2, 0.25) is 0 Å². The van der Waals surface area contributed by atoms with Gasteiger partial charge in [-0.1, -0.05) is 11.6 Å². The van der Waals surface area contributed by atoms with Gasteiger partial charge in [-0.2, -0.15) is 0 Å². The normalized spacial score (nSPS) is 11.8. The first kappa shape index (κ1) is 14.0. The van der Waals surface area contributed by atoms with Crippen molar-refractivity contribution in [2.75, 3.05) is 18.0 Å². The van der Waals surface area contributed by atoms with Crippen molar-refractivity contribution in [1.29, 1.82) is 0 Å². The Hall–Kier alpha value is -1.39. The van der Waals surface area contributed by atoms with E-state index in [2.05, 4.69) is 9.97 Å². The highest BCUT2D eigenvalue weighted by Crippen LogP contribution is 2.26. The van der Waals surface area contributed by atoms with Gasteiger partial charge in [0.15, 0.2) is 0 Å². The average molecular weight is 280 g/mol. The summed E-state index contributed by atoms with van der Waals surface area (Å²) in [6.45, 7) is 6.89. The average Bonchev–Trinajstić information content (AvgIpc) is 2.34. The number of benzene rings is 1. The fourth-order valence-electron chi connectivity index (χ4n) is 2.07. The Morgan fingerprint density at radius 2 is 2.05 bits per heavy atom. The zero-order valence-corrected chi connectivity index (χ0v) is 12.1. The third-order valence-electron chi connectivity index (χ3n) is 2.84. The van der Waals surface area contributed by atoms with Gasteiger partial charge in [0.05, 0.1) is 11.1 Å². The van der Waals surface area contributed by atoms with Crippen molar-refractivity contribution < 1.29 is 5.11 Å². The van der Waals surface area contributed by atoms with Crippen molar-refractivity contribution in [3.8, 4) is 0 Å². The minimum absolute atomic E-state index is 0.512. The topological polar surface area (TPSA) is 49.2 Å². The van der Waals surface area contributed by atoms with Crippen molar-refractivity contribution in [3.63, 3.8) is 0 Å². The molecule has 0 fully saturated rings. The molecule has 0 atom stereocenters. The second-order valence-electron chi connectivity index (χ2n) is 5.19. The van der Waals surface area contributed by atoms with Gasteiger partial charge in [0.25, 0.3) is 0 Å². The van der Waals surface area contributed by atoms with E-state index in [4.69, 9.17) is 11.6 Å². The van der Waals surface area contributed by atoms with Crippen LogP contribution in [0.1, 0.15) is 20.8 Å². The molecule has 0 spiro atoms. The Morgan fingerprint density at radius 3 is 2.68 bits per heavy atom. The third kappa shape index (κ3) is 3.33. The van der Waals surface area contributed by atoms with Crippen LogP contribution < -0.4 is 4.90 Å². The largest absolute Gasteiger partial charge is 0.389 e. The van der Waals surface area contributed by atoms with Gasteiger partial charge in [0.1, 0.15) is 12.1 Å². The van der Waals surface area contributed by atoms with Gasteiger partial charge in [-0.05, 0) is 39.0 Å². The summed E-state index contributed by atoms with van der Waals surface area (Å²) in [4.78, 5) is 10.6. The van der Waals surface area contributed by atoms with Crippen LogP contribution in [-0.4, -0.2) is 33.8 Å². The van der Waals surface area contributed by atoms with E-state index in [0.29, 0.717) is 11.6 Å². The van der Waals surface area contributed by atoms with Gasteiger partial charge in [-0.25, -0.2) is 9.97 Å². The van der Waals surface area contributed by atoms with Crippen LogP contribution in [0.25, 0.3) is 10.9 Å². The van der Waals surface area contributed by atoms with E-state index in [1.807, 2.05) is 30.0 Å². The number of halogens is 1. The summed E-state index contributed by atoms with van der Waals surface area (Å²) in [7, 11) is 0. The molecular formula is C14H18ClN3O. The highest BCUT2D eigenvalue weighted by atomic mass is 35.5. The summed E-state index contributed by atoms with van der Waals surface area (Å²) in [6, 6.07) is 5.56. The van der Waals surface area contributed by atoms with Crippen LogP contribution in [0.15, 0.2) is 24.5 Å². The number of aliphatic hydroxyl groups is 1. The number of likely N-dealkylation sites (N-methyl/N-ethyl adjacent to an activating group) is 1. The Balaban J connectivity index is 2.48. The number of anilines is 1. The third-order valence-corrected chi connectivity index (χ3v) is 3.07. The molecule has 1 aromatic heterocycles. The highest BCUT2D eigenvalue weighted by Gasteiger charge is 2.20. The number of nitrogens with zero attached hydrogens (tertiary/aromatic N) is 3. The molecule has 19 heavy (non-hydrogen) atoms. The predicted octanol–water partition coefficient (Wildman–Crippen LogP) is 2.88. The van der Waals surface area contributed by atoms with Crippen molar-refractivity contribution >= 4 is 28.3 Å². The van der Waals surface area contributed by atoms with Crippen LogP contribution in [-0.2, 0) is 0 Å². The molecule has 2 aromatic rings. The summed E-state index contributed by atoms with van der Waals surface area (Å²) in [5.74, 6) is 0.825. The first-order valence-corrected chi connectivity index (χ1v) is 6.66. The molecule has 1 heterocycles. The van der Waals surface area contributed by atoms with Gasteiger partial charge < -0.3 is 10.0 Å². The van der Waals surface area contributed by atoms with E-state index in [0.717, 1.165) is 23.3 Å². The molecule has 0 saturated heterocycles. The van der Waals surface area contributed by atoms with Crippen molar-refractivity contribution in [3.05, 3.63) is 29.5 Å². The maximum atomic E-state index is 9.99. The van der Waals surface area contributed by atoms with Crippen LogP contribution in [0.2, 0.25) is 5.02 Å². The molecule has 4 nitrogen and oxygen atoms in total. The fraction of sp³-hybridized carbons (Fsp3) is 0.429. The fourth-order valence-corrected chi connectivity index (χ4v) is 2.24. The Labute approximate surface area is 118 Å². The van der Waals surface area contributed by atoms with E-state index in [9.17, 15) is 5.11 Å². The Bertz CT molecular complexity index is 580. The summed E-state index contributed by atoms with van der Waals surface area (Å²) in [6.07, 6.45) is 1.53. The Kier molecular flexibility index (Phi) is 3.92. The van der Waals surface area contributed by atoms with E-state index in [1.54, 1.807) is 13.8 Å². The molecule has 0 unspecified atom stereocenters. The lowest BCUT2D eigenvalue weighted by Crippen LogP contribution is -2.39. The maximum Gasteiger partial charge on any atom is 0.139 e. The van der Waals surface area contributed by atoms with Crippen LogP contribution in [0.5, 0.6) is 0 Å². The van der Waals surface area contributed by atoms with E-state index < -0.39 is 5.60 Å². The van der Waals surface area contributed by atoms with Gasteiger partial charge in [0, 0.05) is 23.5 Å². The molecule has 0 aliphatic carbocycles. The molecule has 1 aromatic carbocycles. The summed E-state index contributed by atoms with van der Waals surface area (Å²) in [5, 5.41) is 11.6. The standard InChI is InChI=1S/C14H18ClN3O/c1-4-18(8-14(2,3)19)13-11-6-5-10(15)7-12(11)16-9-17-13/h5-7,9,19H,4,8H2,1-3H3. The molecule has 1 N–H and O–H groups in total. The van der Waals surface area contributed by atoms with Crippen LogP contribution >= 0.6 is 11.6 Å². The van der Waals surface area contributed by atoms with E-state index in [1.165, 1.54) is 6.33 Å². The molecule has 0 aliphatic heterocycles. The number of hydrogen-bond acceptors (Lipinski definition) is 4. The first-order valence-electron chi connectivity index (χ1n) is 6.28. The molecule has 0 amide bonds. The Morgan fingerprint density at radius 1 is 1.32 bits per heavy atom. The number of fused-ring (bicyclic) bond motifs is 1. The highest BCUT2D eigenvalue weighted by molar-refractivity contribution is 6.31. The number of rotatable bonds is 4. The molecule has 0 aliphatic rings. The van der Waals surface area contributed by atoms with Crippen molar-refractivity contribution in [1.82, 2.24) is 9.97 Å². The monoisotopic (exact) mass is 279 g/mol. The zero-order chi connectivity index (χ0) is 14.0. The molecule has 5 heteroatoms. The molecule has 2 rings (SSSR count). The molecule has 0 saturated carbocycles. The molecular weight excluding hydrogens is 262 g/mol. The quantitative estimate of drug-likeness (QED) is 0.935.